The van der Waals surface area contributed by atoms with Gasteiger partial charge in [0.25, 0.3) is 5.91 Å². The summed E-state index contributed by atoms with van der Waals surface area (Å²) in [7, 11) is 1.61. The van der Waals surface area contributed by atoms with E-state index in [-0.39, 0.29) is 5.91 Å². The Morgan fingerprint density at radius 1 is 1.22 bits per heavy atom. The second kappa shape index (κ2) is 7.02. The van der Waals surface area contributed by atoms with Gasteiger partial charge in [-0.15, -0.1) is 0 Å². The first-order valence-electron chi connectivity index (χ1n) is 6.84. The SMILES string of the molecule is COc1ccc(Br)cc1/C=C1\SC(=Nc2ccccc2)NC1=O. The molecule has 6 heteroatoms. The van der Waals surface area contributed by atoms with Gasteiger partial charge < -0.3 is 10.1 Å². The maximum atomic E-state index is 12.1. The zero-order valence-corrected chi connectivity index (χ0v) is 14.6. The number of hydrogen-bond donors (Lipinski definition) is 1. The quantitative estimate of drug-likeness (QED) is 0.795. The molecule has 1 amide bonds. The summed E-state index contributed by atoms with van der Waals surface area (Å²) in [5, 5.41) is 3.35. The van der Waals surface area contributed by atoms with Gasteiger partial charge in [0.05, 0.1) is 17.7 Å². The third-order valence-electron chi connectivity index (χ3n) is 3.12. The number of carbonyl (C=O) groups excluding carboxylic acids is 1. The lowest BCUT2D eigenvalue weighted by Crippen LogP contribution is -2.19. The van der Waals surface area contributed by atoms with Gasteiger partial charge in [0.2, 0.25) is 0 Å². The van der Waals surface area contributed by atoms with Crippen LogP contribution in [0.2, 0.25) is 0 Å². The van der Waals surface area contributed by atoms with E-state index in [4.69, 9.17) is 4.74 Å². The van der Waals surface area contributed by atoms with E-state index in [1.165, 1.54) is 11.8 Å². The van der Waals surface area contributed by atoms with Crippen LogP contribution in [0, 0.1) is 0 Å². The molecular formula is C17H13BrN2O2S. The minimum Gasteiger partial charge on any atom is -0.496 e. The Hall–Kier alpha value is -2.05. The van der Waals surface area contributed by atoms with Gasteiger partial charge >= 0.3 is 0 Å². The Morgan fingerprint density at radius 2 is 2.00 bits per heavy atom. The van der Waals surface area contributed by atoms with Crippen molar-refractivity contribution in [2.45, 2.75) is 0 Å². The first-order valence-corrected chi connectivity index (χ1v) is 8.45. The Bertz CT molecular complexity index is 803. The number of para-hydroxylation sites is 1. The molecule has 1 aliphatic heterocycles. The molecule has 1 saturated heterocycles. The second-order valence-corrected chi connectivity index (χ2v) is 6.65. The fourth-order valence-corrected chi connectivity index (χ4v) is 3.27. The second-order valence-electron chi connectivity index (χ2n) is 4.70. The van der Waals surface area contributed by atoms with Crippen LogP contribution in [0.5, 0.6) is 5.75 Å². The van der Waals surface area contributed by atoms with Crippen LogP contribution < -0.4 is 10.1 Å². The average Bonchev–Trinajstić information content (AvgIpc) is 2.88. The summed E-state index contributed by atoms with van der Waals surface area (Å²) < 4.78 is 6.25. The maximum absolute atomic E-state index is 12.1. The number of halogens is 1. The number of aliphatic imine (C=N–C) groups is 1. The van der Waals surface area contributed by atoms with Crippen LogP contribution in [-0.2, 0) is 4.79 Å². The molecule has 0 saturated carbocycles. The normalized spacial score (nSPS) is 17.6. The molecular weight excluding hydrogens is 376 g/mol. The third kappa shape index (κ3) is 3.83. The van der Waals surface area contributed by atoms with Gasteiger partial charge in [-0.25, -0.2) is 4.99 Å². The summed E-state index contributed by atoms with van der Waals surface area (Å²) in [6, 6.07) is 15.2. The number of rotatable bonds is 3. The van der Waals surface area contributed by atoms with Gasteiger partial charge in [-0.05, 0) is 48.2 Å². The zero-order chi connectivity index (χ0) is 16.2. The number of ether oxygens (including phenoxy) is 1. The van der Waals surface area contributed by atoms with E-state index >= 15 is 0 Å². The average molecular weight is 389 g/mol. The Labute approximate surface area is 146 Å². The van der Waals surface area contributed by atoms with Gasteiger partial charge in [0.15, 0.2) is 5.17 Å². The van der Waals surface area contributed by atoms with Crippen molar-refractivity contribution in [2.75, 3.05) is 7.11 Å². The van der Waals surface area contributed by atoms with Gasteiger partial charge in [-0.3, -0.25) is 4.79 Å². The number of carbonyl (C=O) groups is 1. The Balaban J connectivity index is 1.89. The molecule has 1 heterocycles. The molecule has 0 atom stereocenters. The lowest BCUT2D eigenvalue weighted by Gasteiger charge is -2.05. The highest BCUT2D eigenvalue weighted by atomic mass is 79.9. The summed E-state index contributed by atoms with van der Waals surface area (Å²) in [5.74, 6) is 0.550. The molecule has 3 rings (SSSR count). The van der Waals surface area contributed by atoms with E-state index in [9.17, 15) is 4.79 Å². The first-order chi connectivity index (χ1) is 11.2. The summed E-state index contributed by atoms with van der Waals surface area (Å²) >= 11 is 4.74. The number of thioether (sulfide) groups is 1. The molecule has 0 unspecified atom stereocenters. The number of nitrogens with zero attached hydrogens (tertiary/aromatic N) is 1. The first kappa shape index (κ1) is 15.8. The van der Waals surface area contributed by atoms with Crippen LogP contribution in [0.25, 0.3) is 6.08 Å². The van der Waals surface area contributed by atoms with Crippen LogP contribution in [0.1, 0.15) is 5.56 Å². The minimum absolute atomic E-state index is 0.160. The lowest BCUT2D eigenvalue weighted by atomic mass is 10.2. The molecule has 0 aromatic heterocycles. The van der Waals surface area contributed by atoms with Crippen molar-refractivity contribution in [3.05, 3.63) is 63.5 Å². The summed E-state index contributed by atoms with van der Waals surface area (Å²) in [6.45, 7) is 0. The van der Waals surface area contributed by atoms with Crippen molar-refractivity contribution in [2.24, 2.45) is 4.99 Å². The zero-order valence-electron chi connectivity index (χ0n) is 12.2. The van der Waals surface area contributed by atoms with Crippen LogP contribution in [-0.4, -0.2) is 18.2 Å². The molecule has 23 heavy (non-hydrogen) atoms. The number of amidine groups is 1. The maximum Gasteiger partial charge on any atom is 0.264 e. The molecule has 0 aliphatic carbocycles. The molecule has 1 aliphatic rings. The number of methoxy groups -OCH3 is 1. The van der Waals surface area contributed by atoms with Gasteiger partial charge in [-0.1, -0.05) is 34.1 Å². The standard InChI is InChI=1S/C17H13BrN2O2S/c1-22-14-8-7-12(18)9-11(14)10-15-16(21)20-17(23-15)19-13-5-3-2-4-6-13/h2-10H,1H3,(H,19,20,21)/b15-10-. The highest BCUT2D eigenvalue weighted by Gasteiger charge is 2.24. The van der Waals surface area contributed by atoms with E-state index in [1.807, 2.05) is 48.5 Å². The van der Waals surface area contributed by atoms with Crippen molar-refractivity contribution in [1.29, 1.82) is 0 Å². The predicted octanol–water partition coefficient (Wildman–Crippen LogP) is 4.35. The monoisotopic (exact) mass is 388 g/mol. The molecule has 4 nitrogen and oxygen atoms in total. The third-order valence-corrected chi connectivity index (χ3v) is 4.52. The number of nitrogens with one attached hydrogen (secondary N) is 1. The van der Waals surface area contributed by atoms with Crippen LogP contribution in [0.15, 0.2) is 62.9 Å². The Morgan fingerprint density at radius 3 is 2.74 bits per heavy atom. The molecule has 0 bridgehead atoms. The highest BCUT2D eigenvalue weighted by Crippen LogP contribution is 2.31. The number of hydrogen-bond acceptors (Lipinski definition) is 4. The molecule has 2 aromatic rings. The summed E-state index contributed by atoms with van der Waals surface area (Å²) in [6.07, 6.45) is 1.80. The van der Waals surface area contributed by atoms with E-state index in [2.05, 4.69) is 26.2 Å². The molecule has 2 aromatic carbocycles. The topological polar surface area (TPSA) is 50.7 Å². The van der Waals surface area contributed by atoms with Crippen LogP contribution >= 0.6 is 27.7 Å². The molecule has 0 radical (unpaired) electrons. The number of amides is 1. The van der Waals surface area contributed by atoms with Crippen molar-refractivity contribution >= 4 is 50.5 Å². The fourth-order valence-electron chi connectivity index (χ4n) is 2.06. The fraction of sp³-hybridized carbons (Fsp3) is 0.0588. The Kier molecular flexibility index (Phi) is 4.83. The summed E-state index contributed by atoms with van der Waals surface area (Å²) in [4.78, 5) is 17.1. The van der Waals surface area contributed by atoms with Crippen LogP contribution in [0.4, 0.5) is 5.69 Å². The van der Waals surface area contributed by atoms with Gasteiger partial charge in [0, 0.05) is 10.0 Å². The molecule has 116 valence electrons. The van der Waals surface area contributed by atoms with E-state index < -0.39 is 0 Å². The smallest absolute Gasteiger partial charge is 0.264 e. The lowest BCUT2D eigenvalue weighted by molar-refractivity contribution is -0.115. The van der Waals surface area contributed by atoms with E-state index in [0.717, 1.165) is 15.7 Å². The van der Waals surface area contributed by atoms with E-state index in [0.29, 0.717) is 15.8 Å². The number of benzene rings is 2. The molecule has 1 N–H and O–H groups in total. The van der Waals surface area contributed by atoms with Crippen LogP contribution in [0.3, 0.4) is 0 Å². The minimum atomic E-state index is -0.160. The van der Waals surface area contributed by atoms with Crippen molar-refractivity contribution in [3.63, 3.8) is 0 Å². The van der Waals surface area contributed by atoms with Gasteiger partial charge in [-0.2, -0.15) is 0 Å². The van der Waals surface area contributed by atoms with Crippen molar-refractivity contribution in [1.82, 2.24) is 5.32 Å². The molecule has 0 spiro atoms. The van der Waals surface area contributed by atoms with Crippen molar-refractivity contribution in [3.8, 4) is 5.75 Å². The summed E-state index contributed by atoms with van der Waals surface area (Å²) in [5.41, 5.74) is 1.64. The highest BCUT2D eigenvalue weighted by molar-refractivity contribution is 9.10. The van der Waals surface area contributed by atoms with E-state index in [1.54, 1.807) is 13.2 Å². The predicted molar refractivity (Wildman–Crippen MR) is 97.9 cm³/mol. The van der Waals surface area contributed by atoms with Gasteiger partial charge in [0.1, 0.15) is 5.75 Å². The largest absolute Gasteiger partial charge is 0.496 e. The molecule has 1 fully saturated rings. The van der Waals surface area contributed by atoms with Crippen molar-refractivity contribution < 1.29 is 9.53 Å².